The Morgan fingerprint density at radius 2 is 2.00 bits per heavy atom. The number of urea groups is 1. The number of nitrogens with one attached hydrogen (secondary N) is 1. The number of hydrogen-bond donors (Lipinski definition) is 1. The fourth-order valence-electron chi connectivity index (χ4n) is 3.03. The first kappa shape index (κ1) is 13.0. The zero-order chi connectivity index (χ0) is 15.1. The number of amides is 2. The Bertz CT molecular complexity index is 744. The Morgan fingerprint density at radius 3 is 2.91 bits per heavy atom. The van der Waals surface area contributed by atoms with Crippen LogP contribution in [0.5, 0.6) is 11.5 Å². The molecule has 0 radical (unpaired) electrons. The summed E-state index contributed by atoms with van der Waals surface area (Å²) in [6.45, 7) is 2.28. The monoisotopic (exact) mass is 296 g/mol. The molecule has 2 aliphatic rings. The van der Waals surface area contributed by atoms with Crippen LogP contribution in [0.1, 0.15) is 12.5 Å². The molecular formula is C17H16N2O3. The molecule has 0 saturated heterocycles. The van der Waals surface area contributed by atoms with Crippen molar-refractivity contribution in [3.8, 4) is 11.5 Å². The number of benzene rings is 2. The van der Waals surface area contributed by atoms with Crippen LogP contribution < -0.4 is 19.7 Å². The molecule has 1 unspecified atom stereocenters. The van der Waals surface area contributed by atoms with Crippen LogP contribution in [0.15, 0.2) is 42.5 Å². The van der Waals surface area contributed by atoms with Gasteiger partial charge < -0.3 is 14.8 Å². The third-order valence-electron chi connectivity index (χ3n) is 4.05. The van der Waals surface area contributed by atoms with Crippen molar-refractivity contribution in [3.05, 3.63) is 48.0 Å². The van der Waals surface area contributed by atoms with Crippen LogP contribution in [0, 0.1) is 0 Å². The van der Waals surface area contributed by atoms with Gasteiger partial charge in [0.1, 0.15) is 0 Å². The number of fused-ring (bicyclic) bond motifs is 2. The third kappa shape index (κ3) is 2.06. The van der Waals surface area contributed by atoms with E-state index in [1.165, 1.54) is 5.56 Å². The summed E-state index contributed by atoms with van der Waals surface area (Å²) in [5, 5.41) is 2.94. The van der Waals surface area contributed by atoms with E-state index in [1.54, 1.807) is 17.0 Å². The predicted molar refractivity (Wildman–Crippen MR) is 83.7 cm³/mol. The summed E-state index contributed by atoms with van der Waals surface area (Å²) in [4.78, 5) is 14.4. The average Bonchev–Trinajstić information content (AvgIpc) is 3.09. The molecule has 2 aromatic rings. The second-order valence-electron chi connectivity index (χ2n) is 5.55. The fourth-order valence-corrected chi connectivity index (χ4v) is 3.03. The molecule has 1 atom stereocenters. The molecule has 1 N–H and O–H groups in total. The first-order valence-corrected chi connectivity index (χ1v) is 7.30. The third-order valence-corrected chi connectivity index (χ3v) is 4.05. The van der Waals surface area contributed by atoms with Gasteiger partial charge >= 0.3 is 6.03 Å². The lowest BCUT2D eigenvalue weighted by atomic mass is 10.1. The predicted octanol–water partition coefficient (Wildman–Crippen LogP) is 3.40. The largest absolute Gasteiger partial charge is 0.454 e. The molecule has 2 aliphatic heterocycles. The number of carbonyl (C=O) groups is 1. The highest BCUT2D eigenvalue weighted by Gasteiger charge is 2.30. The maximum Gasteiger partial charge on any atom is 0.326 e. The van der Waals surface area contributed by atoms with E-state index in [0.717, 1.165) is 12.1 Å². The zero-order valence-electron chi connectivity index (χ0n) is 12.2. The number of anilines is 2. The summed E-state index contributed by atoms with van der Waals surface area (Å²) < 4.78 is 10.6. The summed E-state index contributed by atoms with van der Waals surface area (Å²) in [5.74, 6) is 1.37. The molecule has 0 fully saturated rings. The van der Waals surface area contributed by atoms with E-state index in [-0.39, 0.29) is 18.9 Å². The molecule has 2 heterocycles. The molecular weight excluding hydrogens is 280 g/mol. The van der Waals surface area contributed by atoms with Crippen molar-refractivity contribution in [2.75, 3.05) is 17.0 Å². The highest BCUT2D eigenvalue weighted by molar-refractivity contribution is 6.03. The topological polar surface area (TPSA) is 50.8 Å². The van der Waals surface area contributed by atoms with Gasteiger partial charge in [-0.15, -0.1) is 0 Å². The van der Waals surface area contributed by atoms with Gasteiger partial charge in [0.2, 0.25) is 6.79 Å². The Hall–Kier alpha value is -2.69. The van der Waals surface area contributed by atoms with Crippen molar-refractivity contribution < 1.29 is 14.3 Å². The molecule has 0 spiro atoms. The Kier molecular flexibility index (Phi) is 2.92. The minimum absolute atomic E-state index is 0.128. The zero-order valence-corrected chi connectivity index (χ0v) is 12.2. The van der Waals surface area contributed by atoms with Gasteiger partial charge in [-0.1, -0.05) is 18.2 Å². The first-order valence-electron chi connectivity index (χ1n) is 7.30. The Balaban J connectivity index is 1.58. The summed E-state index contributed by atoms with van der Waals surface area (Å²) in [6.07, 6.45) is 0.880. The molecule has 2 amide bonds. The standard InChI is InChI=1S/C17H16N2O3/c1-11-8-12-4-2-3-5-14(12)19(11)17(20)18-13-6-7-15-16(9-13)22-10-21-15/h2-7,9,11H,8,10H2,1H3,(H,18,20). The van der Waals surface area contributed by atoms with Crippen LogP contribution in [0.4, 0.5) is 16.2 Å². The molecule has 5 heteroatoms. The summed E-state index contributed by atoms with van der Waals surface area (Å²) >= 11 is 0. The first-order chi connectivity index (χ1) is 10.7. The Morgan fingerprint density at radius 1 is 1.18 bits per heavy atom. The lowest BCUT2D eigenvalue weighted by Gasteiger charge is -2.23. The van der Waals surface area contributed by atoms with Crippen LogP contribution in [-0.2, 0) is 6.42 Å². The molecule has 22 heavy (non-hydrogen) atoms. The smallest absolute Gasteiger partial charge is 0.326 e. The highest BCUT2D eigenvalue weighted by atomic mass is 16.7. The molecule has 5 nitrogen and oxygen atoms in total. The van der Waals surface area contributed by atoms with E-state index in [4.69, 9.17) is 9.47 Å². The lowest BCUT2D eigenvalue weighted by molar-refractivity contribution is 0.174. The SMILES string of the molecule is CC1Cc2ccccc2N1C(=O)Nc1ccc2c(c1)OCO2. The fraction of sp³-hybridized carbons (Fsp3) is 0.235. The maximum absolute atomic E-state index is 12.6. The number of rotatable bonds is 1. The van der Waals surface area contributed by atoms with Crippen molar-refractivity contribution in [3.63, 3.8) is 0 Å². The summed E-state index contributed by atoms with van der Waals surface area (Å²) in [5.41, 5.74) is 2.88. The number of hydrogen-bond acceptors (Lipinski definition) is 3. The Labute approximate surface area is 128 Å². The van der Waals surface area contributed by atoms with Crippen LogP contribution in [-0.4, -0.2) is 18.9 Å². The van der Waals surface area contributed by atoms with E-state index in [0.29, 0.717) is 17.2 Å². The van der Waals surface area contributed by atoms with Gasteiger partial charge in [-0.25, -0.2) is 4.79 Å². The maximum atomic E-state index is 12.6. The highest BCUT2D eigenvalue weighted by Crippen LogP contribution is 2.35. The van der Waals surface area contributed by atoms with Gasteiger partial charge in [-0.3, -0.25) is 4.90 Å². The number of carbonyl (C=O) groups excluding carboxylic acids is 1. The van der Waals surface area contributed by atoms with E-state index in [2.05, 4.69) is 18.3 Å². The van der Waals surface area contributed by atoms with Crippen molar-refractivity contribution in [1.82, 2.24) is 0 Å². The van der Waals surface area contributed by atoms with Gasteiger partial charge in [0.15, 0.2) is 11.5 Å². The van der Waals surface area contributed by atoms with Gasteiger partial charge in [0.05, 0.1) is 0 Å². The van der Waals surface area contributed by atoms with E-state index in [9.17, 15) is 4.79 Å². The van der Waals surface area contributed by atoms with Crippen molar-refractivity contribution in [1.29, 1.82) is 0 Å². The van der Waals surface area contributed by atoms with Crippen LogP contribution in [0.25, 0.3) is 0 Å². The average molecular weight is 296 g/mol. The molecule has 112 valence electrons. The second-order valence-corrected chi connectivity index (χ2v) is 5.55. The van der Waals surface area contributed by atoms with Crippen LogP contribution in [0.2, 0.25) is 0 Å². The summed E-state index contributed by atoms with van der Waals surface area (Å²) in [7, 11) is 0. The van der Waals surface area contributed by atoms with Crippen molar-refractivity contribution >= 4 is 17.4 Å². The number of ether oxygens (including phenoxy) is 2. The van der Waals surface area contributed by atoms with Gasteiger partial charge in [-0.2, -0.15) is 0 Å². The minimum atomic E-state index is -0.128. The van der Waals surface area contributed by atoms with Gasteiger partial charge in [0, 0.05) is 23.5 Å². The normalized spacial score (nSPS) is 18.2. The van der Waals surface area contributed by atoms with Crippen LogP contribution in [0.3, 0.4) is 0 Å². The lowest BCUT2D eigenvalue weighted by Crippen LogP contribution is -2.39. The van der Waals surface area contributed by atoms with E-state index < -0.39 is 0 Å². The van der Waals surface area contributed by atoms with Crippen molar-refractivity contribution in [2.45, 2.75) is 19.4 Å². The molecule has 2 aromatic carbocycles. The van der Waals surface area contributed by atoms with Gasteiger partial charge in [-0.05, 0) is 37.1 Å². The van der Waals surface area contributed by atoms with Crippen molar-refractivity contribution in [2.24, 2.45) is 0 Å². The van der Waals surface area contributed by atoms with E-state index in [1.807, 2.05) is 24.3 Å². The minimum Gasteiger partial charge on any atom is -0.454 e. The quantitative estimate of drug-likeness (QED) is 0.877. The number of nitrogens with zero attached hydrogens (tertiary/aromatic N) is 1. The van der Waals surface area contributed by atoms with Gasteiger partial charge in [0.25, 0.3) is 0 Å². The van der Waals surface area contributed by atoms with Crippen LogP contribution >= 0.6 is 0 Å². The molecule has 0 saturated carbocycles. The molecule has 0 aromatic heterocycles. The van der Waals surface area contributed by atoms with E-state index >= 15 is 0 Å². The number of para-hydroxylation sites is 1. The second kappa shape index (κ2) is 4.94. The molecule has 0 aliphatic carbocycles. The molecule has 4 rings (SSSR count). The molecule has 0 bridgehead atoms. The summed E-state index contributed by atoms with van der Waals surface area (Å²) in [6, 6.07) is 13.4.